The second-order valence-electron chi connectivity index (χ2n) is 7.12. The van der Waals surface area contributed by atoms with Crippen LogP contribution in [0.4, 0.5) is 0 Å². The normalized spacial score (nSPS) is 22.9. The standard InChI is InChI=1S/C18H31NO6/c1-4-5-6-14(20)24-18(11(2)3)25-17(23)15(19)12-7-9-13(10-8-12)16(21)22/h11-13,15,18H,4-10,19H2,1-3H3,(H,21,22). The third-order valence-electron chi connectivity index (χ3n) is 4.66. The van der Waals surface area contributed by atoms with Crippen LogP contribution in [-0.4, -0.2) is 35.3 Å². The number of ether oxygens (including phenoxy) is 2. The van der Waals surface area contributed by atoms with Crippen molar-refractivity contribution in [3.05, 3.63) is 0 Å². The zero-order valence-corrected chi connectivity index (χ0v) is 15.4. The molecule has 0 bridgehead atoms. The maximum atomic E-state index is 12.3. The highest BCUT2D eigenvalue weighted by molar-refractivity contribution is 5.76. The van der Waals surface area contributed by atoms with Crippen molar-refractivity contribution in [2.75, 3.05) is 0 Å². The second kappa shape index (κ2) is 10.4. The first-order valence-electron chi connectivity index (χ1n) is 9.14. The molecule has 0 aromatic carbocycles. The first kappa shape index (κ1) is 21.4. The lowest BCUT2D eigenvalue weighted by molar-refractivity contribution is -0.197. The Bertz CT molecular complexity index is 456. The molecule has 1 fully saturated rings. The molecule has 0 heterocycles. The lowest BCUT2D eigenvalue weighted by Gasteiger charge is -2.30. The van der Waals surface area contributed by atoms with E-state index in [-0.39, 0.29) is 23.7 Å². The number of rotatable bonds is 9. The molecule has 1 rings (SSSR count). The summed E-state index contributed by atoms with van der Waals surface area (Å²) in [4.78, 5) is 35.1. The molecule has 0 amide bonds. The number of carbonyl (C=O) groups is 3. The van der Waals surface area contributed by atoms with E-state index in [1.54, 1.807) is 13.8 Å². The van der Waals surface area contributed by atoms with Gasteiger partial charge >= 0.3 is 17.9 Å². The maximum Gasteiger partial charge on any atom is 0.326 e. The van der Waals surface area contributed by atoms with Gasteiger partial charge < -0.3 is 20.3 Å². The highest BCUT2D eigenvalue weighted by atomic mass is 16.7. The van der Waals surface area contributed by atoms with Crippen molar-refractivity contribution in [1.29, 1.82) is 0 Å². The van der Waals surface area contributed by atoms with E-state index in [0.717, 1.165) is 12.8 Å². The first-order valence-corrected chi connectivity index (χ1v) is 9.14. The van der Waals surface area contributed by atoms with Crippen LogP contribution in [0.1, 0.15) is 65.7 Å². The molecular weight excluding hydrogens is 326 g/mol. The minimum atomic E-state index is -0.946. The Kier molecular flexibility index (Phi) is 8.89. The van der Waals surface area contributed by atoms with Gasteiger partial charge in [0.15, 0.2) is 0 Å². The summed E-state index contributed by atoms with van der Waals surface area (Å²) < 4.78 is 10.6. The Labute approximate surface area is 149 Å². The summed E-state index contributed by atoms with van der Waals surface area (Å²) in [5.74, 6) is -2.42. The molecule has 0 aromatic rings. The fourth-order valence-electron chi connectivity index (χ4n) is 2.92. The predicted octanol–water partition coefficient (Wildman–Crippen LogP) is 2.46. The monoisotopic (exact) mass is 357 g/mol. The molecule has 0 aliphatic heterocycles. The molecule has 7 heteroatoms. The topological polar surface area (TPSA) is 116 Å². The van der Waals surface area contributed by atoms with Crippen LogP contribution in [0.5, 0.6) is 0 Å². The molecule has 2 unspecified atom stereocenters. The number of nitrogens with two attached hydrogens (primary N) is 1. The van der Waals surface area contributed by atoms with Crippen LogP contribution < -0.4 is 5.73 Å². The van der Waals surface area contributed by atoms with Crippen molar-refractivity contribution in [3.63, 3.8) is 0 Å². The number of unbranched alkanes of at least 4 members (excludes halogenated alkanes) is 1. The number of aliphatic carboxylic acids is 1. The SMILES string of the molecule is CCCCC(=O)OC(OC(=O)C(N)C1CCC(C(=O)O)CC1)C(C)C. The fourth-order valence-corrected chi connectivity index (χ4v) is 2.92. The van der Waals surface area contributed by atoms with Gasteiger partial charge in [-0.15, -0.1) is 0 Å². The van der Waals surface area contributed by atoms with Crippen LogP contribution in [-0.2, 0) is 23.9 Å². The lowest BCUT2D eigenvalue weighted by Crippen LogP contribution is -2.44. The second-order valence-corrected chi connectivity index (χ2v) is 7.12. The first-order chi connectivity index (χ1) is 11.8. The summed E-state index contributed by atoms with van der Waals surface area (Å²) in [5.41, 5.74) is 6.01. The van der Waals surface area contributed by atoms with Gasteiger partial charge in [0.1, 0.15) is 6.04 Å². The van der Waals surface area contributed by atoms with Gasteiger partial charge in [-0.05, 0) is 38.0 Å². The summed E-state index contributed by atoms with van der Waals surface area (Å²) in [6.45, 7) is 5.58. The van der Waals surface area contributed by atoms with Gasteiger partial charge in [0.05, 0.1) is 5.92 Å². The van der Waals surface area contributed by atoms with Crippen LogP contribution in [0.3, 0.4) is 0 Å². The van der Waals surface area contributed by atoms with E-state index in [1.807, 2.05) is 6.92 Å². The number of carboxylic acid groups (broad SMARTS) is 1. The van der Waals surface area contributed by atoms with E-state index in [4.69, 9.17) is 20.3 Å². The molecule has 7 nitrogen and oxygen atoms in total. The fraction of sp³-hybridized carbons (Fsp3) is 0.833. The van der Waals surface area contributed by atoms with Crippen molar-refractivity contribution in [2.24, 2.45) is 23.5 Å². The summed E-state index contributed by atoms with van der Waals surface area (Å²) in [6, 6.07) is -0.828. The van der Waals surface area contributed by atoms with Gasteiger partial charge in [0.25, 0.3) is 0 Å². The molecule has 25 heavy (non-hydrogen) atoms. The Morgan fingerprint density at radius 1 is 1.12 bits per heavy atom. The number of hydrogen-bond acceptors (Lipinski definition) is 6. The molecular formula is C18H31NO6. The molecule has 0 spiro atoms. The summed E-state index contributed by atoms with van der Waals surface area (Å²) >= 11 is 0. The smallest absolute Gasteiger partial charge is 0.326 e. The average molecular weight is 357 g/mol. The molecule has 0 aromatic heterocycles. The summed E-state index contributed by atoms with van der Waals surface area (Å²) in [7, 11) is 0. The third-order valence-corrected chi connectivity index (χ3v) is 4.66. The van der Waals surface area contributed by atoms with Crippen molar-refractivity contribution in [1.82, 2.24) is 0 Å². The van der Waals surface area contributed by atoms with Crippen LogP contribution in [0.15, 0.2) is 0 Å². The zero-order valence-electron chi connectivity index (χ0n) is 15.4. The van der Waals surface area contributed by atoms with Crippen LogP contribution in [0.2, 0.25) is 0 Å². The number of hydrogen-bond donors (Lipinski definition) is 2. The average Bonchev–Trinajstić information content (AvgIpc) is 2.58. The Hall–Kier alpha value is -1.63. The highest BCUT2D eigenvalue weighted by Gasteiger charge is 2.34. The molecule has 2 atom stereocenters. The van der Waals surface area contributed by atoms with Gasteiger partial charge in [-0.2, -0.15) is 0 Å². The van der Waals surface area contributed by atoms with Crippen molar-refractivity contribution >= 4 is 17.9 Å². The van der Waals surface area contributed by atoms with Crippen LogP contribution in [0.25, 0.3) is 0 Å². The predicted molar refractivity (Wildman–Crippen MR) is 91.4 cm³/mol. The van der Waals surface area contributed by atoms with Crippen molar-refractivity contribution in [2.45, 2.75) is 78.0 Å². The van der Waals surface area contributed by atoms with E-state index in [9.17, 15) is 14.4 Å². The minimum absolute atomic E-state index is 0.105. The molecule has 144 valence electrons. The quantitative estimate of drug-likeness (QED) is 0.481. The highest BCUT2D eigenvalue weighted by Crippen LogP contribution is 2.31. The van der Waals surface area contributed by atoms with E-state index in [0.29, 0.717) is 32.1 Å². The van der Waals surface area contributed by atoms with E-state index < -0.39 is 24.3 Å². The zero-order chi connectivity index (χ0) is 19.0. The molecule has 0 radical (unpaired) electrons. The number of esters is 2. The van der Waals surface area contributed by atoms with E-state index in [2.05, 4.69) is 0 Å². The molecule has 1 aliphatic rings. The third kappa shape index (κ3) is 7.02. The van der Waals surface area contributed by atoms with Gasteiger partial charge in [-0.3, -0.25) is 14.4 Å². The van der Waals surface area contributed by atoms with Gasteiger partial charge in [-0.25, -0.2) is 0 Å². The van der Waals surface area contributed by atoms with Gasteiger partial charge in [0, 0.05) is 12.3 Å². The maximum absolute atomic E-state index is 12.3. The van der Waals surface area contributed by atoms with Gasteiger partial charge in [0.2, 0.25) is 6.29 Å². The number of carbonyl (C=O) groups excluding carboxylic acids is 2. The minimum Gasteiger partial charge on any atom is -0.481 e. The Balaban J connectivity index is 2.53. The van der Waals surface area contributed by atoms with Crippen LogP contribution in [0, 0.1) is 17.8 Å². The van der Waals surface area contributed by atoms with Crippen LogP contribution >= 0.6 is 0 Å². The molecule has 1 saturated carbocycles. The van der Waals surface area contributed by atoms with Crippen molar-refractivity contribution in [3.8, 4) is 0 Å². The van der Waals surface area contributed by atoms with E-state index in [1.165, 1.54) is 0 Å². The van der Waals surface area contributed by atoms with Gasteiger partial charge in [-0.1, -0.05) is 27.2 Å². The molecule has 0 saturated heterocycles. The molecule has 1 aliphatic carbocycles. The Morgan fingerprint density at radius 2 is 1.72 bits per heavy atom. The summed E-state index contributed by atoms with van der Waals surface area (Å²) in [6.07, 6.45) is 3.14. The largest absolute Gasteiger partial charge is 0.481 e. The lowest BCUT2D eigenvalue weighted by atomic mass is 9.79. The Morgan fingerprint density at radius 3 is 2.20 bits per heavy atom. The molecule has 3 N–H and O–H groups in total. The number of carboxylic acids is 1. The summed E-state index contributed by atoms with van der Waals surface area (Å²) in [5, 5.41) is 9.03. The van der Waals surface area contributed by atoms with Crippen molar-refractivity contribution < 1.29 is 29.0 Å². The van der Waals surface area contributed by atoms with E-state index >= 15 is 0 Å².